The highest BCUT2D eigenvalue weighted by Gasteiger charge is 2.27. The molecule has 1 N–H and O–H groups in total. The van der Waals surface area contributed by atoms with Crippen LogP contribution in [0, 0.1) is 0 Å². The summed E-state index contributed by atoms with van der Waals surface area (Å²) in [5.41, 5.74) is 0.696. The van der Waals surface area contributed by atoms with Crippen LogP contribution in [0.4, 0.5) is 0 Å². The topological polar surface area (TPSA) is 51.0 Å². The van der Waals surface area contributed by atoms with Gasteiger partial charge in [-0.15, -0.1) is 11.8 Å². The summed E-state index contributed by atoms with van der Waals surface area (Å²) in [6.07, 6.45) is 5.37. The first-order valence-electron chi connectivity index (χ1n) is 9.56. The van der Waals surface area contributed by atoms with Crippen LogP contribution in [0.1, 0.15) is 36.0 Å². The number of Topliss-reactive ketones (excluding diaryl/α,β-unsaturated/α-hetero) is 1. The Balaban J connectivity index is 1.38. The van der Waals surface area contributed by atoms with E-state index in [1.807, 2.05) is 35.4 Å². The predicted molar refractivity (Wildman–Crippen MR) is 103 cm³/mol. The fraction of sp³-hybridized carbons (Fsp3) is 0.600. The van der Waals surface area contributed by atoms with E-state index in [9.17, 15) is 9.59 Å². The average Bonchev–Trinajstić information content (AvgIpc) is 3.19. The normalized spacial score (nSPS) is 21.1. The van der Waals surface area contributed by atoms with E-state index in [4.69, 9.17) is 4.74 Å². The van der Waals surface area contributed by atoms with Crippen molar-refractivity contribution in [2.75, 3.05) is 45.6 Å². The van der Waals surface area contributed by atoms with E-state index in [2.05, 4.69) is 0 Å². The zero-order valence-corrected chi connectivity index (χ0v) is 16.4. The van der Waals surface area contributed by atoms with Crippen LogP contribution in [0.5, 0.6) is 0 Å². The molecule has 0 aromatic heterocycles. The van der Waals surface area contributed by atoms with Crippen molar-refractivity contribution < 1.29 is 19.2 Å². The highest BCUT2D eigenvalue weighted by atomic mass is 32.2. The third kappa shape index (κ3) is 5.32. The molecule has 2 aliphatic heterocycles. The number of hydrogen-bond donors (Lipinski definition) is 1. The quantitative estimate of drug-likeness (QED) is 0.574. The monoisotopic (exact) mass is 377 g/mol. The number of nitrogens with one attached hydrogen (secondary N) is 1. The Morgan fingerprint density at radius 2 is 1.92 bits per heavy atom. The summed E-state index contributed by atoms with van der Waals surface area (Å²) in [4.78, 5) is 29.3. The van der Waals surface area contributed by atoms with Gasteiger partial charge in [-0.05, 0) is 31.2 Å². The number of piperazine rings is 1. The van der Waals surface area contributed by atoms with Gasteiger partial charge in [0.25, 0.3) is 0 Å². The van der Waals surface area contributed by atoms with Crippen LogP contribution in [-0.4, -0.2) is 68.3 Å². The fourth-order valence-corrected chi connectivity index (χ4v) is 4.11. The van der Waals surface area contributed by atoms with Crippen molar-refractivity contribution in [1.29, 1.82) is 0 Å². The first-order valence-corrected chi connectivity index (χ1v) is 10.8. The van der Waals surface area contributed by atoms with Crippen LogP contribution in [0.15, 0.2) is 29.2 Å². The zero-order valence-electron chi connectivity index (χ0n) is 15.5. The van der Waals surface area contributed by atoms with Gasteiger partial charge in [-0.25, -0.2) is 0 Å². The smallest absolute Gasteiger partial charge is 0.223 e. The van der Waals surface area contributed by atoms with E-state index in [0.717, 1.165) is 44.2 Å². The van der Waals surface area contributed by atoms with Crippen LogP contribution in [0.3, 0.4) is 0 Å². The fourth-order valence-electron chi connectivity index (χ4n) is 3.70. The maximum atomic E-state index is 12.4. The Morgan fingerprint density at radius 1 is 1.19 bits per heavy atom. The van der Waals surface area contributed by atoms with Gasteiger partial charge in [0.15, 0.2) is 5.78 Å². The van der Waals surface area contributed by atoms with Gasteiger partial charge in [-0.1, -0.05) is 12.1 Å². The van der Waals surface area contributed by atoms with Gasteiger partial charge >= 0.3 is 0 Å². The van der Waals surface area contributed by atoms with Crippen molar-refractivity contribution in [1.82, 2.24) is 4.90 Å². The second-order valence-electron chi connectivity index (χ2n) is 7.12. The second kappa shape index (κ2) is 9.53. The minimum absolute atomic E-state index is 0.0497. The number of carbonyl (C=O) groups excluding carboxylic acids is 2. The molecule has 142 valence electrons. The van der Waals surface area contributed by atoms with E-state index in [1.165, 1.54) is 17.7 Å². The van der Waals surface area contributed by atoms with Crippen molar-refractivity contribution in [2.45, 2.75) is 36.7 Å². The zero-order chi connectivity index (χ0) is 18.4. The number of quaternary nitrogens is 1. The van der Waals surface area contributed by atoms with Gasteiger partial charge < -0.3 is 14.5 Å². The Labute approximate surface area is 160 Å². The number of ketones is 1. The molecular weight excluding hydrogens is 348 g/mol. The summed E-state index contributed by atoms with van der Waals surface area (Å²) in [6.45, 7) is 5.50. The number of benzene rings is 1. The molecule has 3 rings (SSSR count). The van der Waals surface area contributed by atoms with Gasteiger partial charge in [0, 0.05) is 29.9 Å². The van der Waals surface area contributed by atoms with Crippen LogP contribution in [0.25, 0.3) is 0 Å². The second-order valence-corrected chi connectivity index (χ2v) is 8.00. The lowest BCUT2D eigenvalue weighted by atomic mass is 10.1. The molecule has 0 spiro atoms. The number of hydrogen-bond acceptors (Lipinski definition) is 4. The number of rotatable bonds is 7. The van der Waals surface area contributed by atoms with Crippen molar-refractivity contribution in [2.24, 2.45) is 0 Å². The minimum atomic E-state index is 0.0497. The third-order valence-electron chi connectivity index (χ3n) is 5.34. The van der Waals surface area contributed by atoms with Gasteiger partial charge in [0.2, 0.25) is 5.91 Å². The SMILES string of the molecule is CSc1ccc(C(=O)CCC(=O)N2CC[NH+](C[C@@H]3CCCO3)CC2)cc1. The molecular formula is C20H29N2O3S+. The molecule has 2 saturated heterocycles. The molecule has 0 bridgehead atoms. The van der Waals surface area contributed by atoms with E-state index in [1.54, 1.807) is 11.8 Å². The molecule has 5 nitrogen and oxygen atoms in total. The molecule has 1 aromatic carbocycles. The van der Waals surface area contributed by atoms with Crippen LogP contribution in [0.2, 0.25) is 0 Å². The molecule has 2 aliphatic rings. The minimum Gasteiger partial charge on any atom is -0.372 e. The number of nitrogens with zero attached hydrogens (tertiary/aromatic N) is 1. The highest BCUT2D eigenvalue weighted by molar-refractivity contribution is 7.98. The number of ether oxygens (including phenoxy) is 1. The highest BCUT2D eigenvalue weighted by Crippen LogP contribution is 2.16. The third-order valence-corrected chi connectivity index (χ3v) is 6.09. The standard InChI is InChI=1S/C20H28N2O3S/c1-26-18-6-4-16(5-7-18)19(23)8-9-20(24)22-12-10-21(11-13-22)15-17-3-2-14-25-17/h4-7,17H,2-3,8-15H2,1H3/p+1/t17-/m0/s1. The van der Waals surface area contributed by atoms with Gasteiger partial charge in [0.05, 0.1) is 26.2 Å². The summed E-state index contributed by atoms with van der Waals surface area (Å²) in [7, 11) is 0. The van der Waals surface area contributed by atoms with Gasteiger partial charge in [-0.3, -0.25) is 9.59 Å². The maximum absolute atomic E-state index is 12.4. The lowest BCUT2D eigenvalue weighted by Crippen LogP contribution is -3.15. The van der Waals surface area contributed by atoms with Gasteiger partial charge in [0.1, 0.15) is 12.6 Å². The van der Waals surface area contributed by atoms with E-state index in [-0.39, 0.29) is 11.7 Å². The molecule has 2 heterocycles. The van der Waals surface area contributed by atoms with Crippen LogP contribution in [-0.2, 0) is 9.53 Å². The van der Waals surface area contributed by atoms with Crippen LogP contribution >= 0.6 is 11.8 Å². The van der Waals surface area contributed by atoms with Crippen LogP contribution < -0.4 is 4.90 Å². The van der Waals surface area contributed by atoms with E-state index >= 15 is 0 Å². The number of thioether (sulfide) groups is 1. The Bertz CT molecular complexity index is 606. The summed E-state index contributed by atoms with van der Waals surface area (Å²) in [6, 6.07) is 7.61. The molecule has 0 radical (unpaired) electrons. The lowest BCUT2D eigenvalue weighted by molar-refractivity contribution is -0.906. The summed E-state index contributed by atoms with van der Waals surface area (Å²) in [5, 5.41) is 0. The Morgan fingerprint density at radius 3 is 2.54 bits per heavy atom. The van der Waals surface area contributed by atoms with Crippen molar-refractivity contribution in [3.8, 4) is 0 Å². The summed E-state index contributed by atoms with van der Waals surface area (Å²) < 4.78 is 5.71. The largest absolute Gasteiger partial charge is 0.372 e. The number of amides is 1. The molecule has 6 heteroatoms. The first kappa shape index (κ1) is 19.4. The molecule has 26 heavy (non-hydrogen) atoms. The molecule has 0 unspecified atom stereocenters. The predicted octanol–water partition coefficient (Wildman–Crippen LogP) is 1.28. The van der Waals surface area contributed by atoms with Gasteiger partial charge in [-0.2, -0.15) is 0 Å². The summed E-state index contributed by atoms with van der Waals surface area (Å²) >= 11 is 1.65. The van der Waals surface area contributed by atoms with Crippen molar-refractivity contribution in [3.63, 3.8) is 0 Å². The summed E-state index contributed by atoms with van der Waals surface area (Å²) in [5.74, 6) is 0.156. The molecule has 0 aliphatic carbocycles. The first-order chi connectivity index (χ1) is 12.7. The Kier molecular flexibility index (Phi) is 7.11. The molecule has 1 amide bonds. The van der Waals surface area contributed by atoms with Crippen molar-refractivity contribution in [3.05, 3.63) is 29.8 Å². The Hall–Kier alpha value is -1.37. The average molecular weight is 378 g/mol. The molecule has 1 aromatic rings. The number of carbonyl (C=O) groups is 2. The van der Waals surface area contributed by atoms with E-state index in [0.29, 0.717) is 24.5 Å². The maximum Gasteiger partial charge on any atom is 0.223 e. The van der Waals surface area contributed by atoms with E-state index < -0.39 is 0 Å². The molecule has 0 saturated carbocycles. The van der Waals surface area contributed by atoms with Crippen molar-refractivity contribution >= 4 is 23.5 Å². The lowest BCUT2D eigenvalue weighted by Gasteiger charge is -2.33. The molecule has 2 fully saturated rings. The molecule has 1 atom stereocenters.